The number of fused-ring (bicyclic) bond motifs is 1. The van der Waals surface area contributed by atoms with Crippen molar-refractivity contribution in [3.05, 3.63) is 52.6 Å². The Kier molecular flexibility index (Phi) is 4.58. The molecule has 10 heteroatoms. The largest absolute Gasteiger partial charge is 0.417 e. The lowest BCUT2D eigenvalue weighted by atomic mass is 9.94. The zero-order valence-corrected chi connectivity index (χ0v) is 16.2. The number of amidine groups is 1. The number of halogens is 3. The van der Waals surface area contributed by atoms with Gasteiger partial charge in [0.2, 0.25) is 0 Å². The molecule has 0 amide bonds. The molecule has 1 heterocycles. The van der Waals surface area contributed by atoms with Crippen LogP contribution in [-0.4, -0.2) is 33.2 Å². The Morgan fingerprint density at radius 2 is 1.83 bits per heavy atom. The fourth-order valence-electron chi connectivity index (χ4n) is 3.83. The molecule has 0 spiro atoms. The maximum atomic E-state index is 13.6. The van der Waals surface area contributed by atoms with Crippen molar-refractivity contribution in [1.29, 1.82) is 0 Å². The molecule has 4 rings (SSSR count). The van der Waals surface area contributed by atoms with Crippen LogP contribution in [0.3, 0.4) is 0 Å². The summed E-state index contributed by atoms with van der Waals surface area (Å²) >= 11 is 0. The summed E-state index contributed by atoms with van der Waals surface area (Å²) in [6.07, 6.45) is -2.73. The molecule has 29 heavy (non-hydrogen) atoms. The number of sulfone groups is 1. The minimum absolute atomic E-state index is 0.00749. The van der Waals surface area contributed by atoms with Crippen LogP contribution < -0.4 is 5.73 Å². The second-order valence-corrected chi connectivity index (χ2v) is 9.10. The van der Waals surface area contributed by atoms with Gasteiger partial charge in [-0.1, -0.05) is 24.3 Å². The topological polar surface area (TPSA) is 97.2 Å². The Bertz CT molecular complexity index is 1170. The van der Waals surface area contributed by atoms with E-state index in [9.17, 15) is 21.6 Å². The second kappa shape index (κ2) is 6.74. The van der Waals surface area contributed by atoms with Gasteiger partial charge in [0.15, 0.2) is 22.3 Å². The number of nitrogens with two attached hydrogens (primary N) is 1. The molecule has 0 bridgehead atoms. The molecule has 0 aromatic heterocycles. The van der Waals surface area contributed by atoms with E-state index in [4.69, 9.17) is 5.73 Å². The molecule has 0 fully saturated rings. The molecule has 1 aliphatic carbocycles. The van der Waals surface area contributed by atoms with E-state index in [1.807, 2.05) is 12.1 Å². The van der Waals surface area contributed by atoms with Crippen molar-refractivity contribution < 1.29 is 21.6 Å². The molecule has 2 aromatic carbocycles. The first-order valence-corrected chi connectivity index (χ1v) is 10.7. The predicted molar refractivity (Wildman–Crippen MR) is 102 cm³/mol. The number of nitrogens with zero attached hydrogens (tertiary/aromatic N) is 3. The van der Waals surface area contributed by atoms with E-state index >= 15 is 0 Å². The molecular formula is C19H17F3N4O2S. The third kappa shape index (κ3) is 3.58. The molecule has 2 N–H and O–H groups in total. The number of azo groups is 1. The molecule has 1 aliphatic heterocycles. The standard InChI is InChI=1S/C19H17F3N4O2S/c1-29(27,28)17-15(19(20,21)22)5-4-14(16(17)18-24-9-25-26-18)11-3-2-10-7-13(23)8-12(10)6-11/h2-6,13H,7-9,23H2,1H3. The van der Waals surface area contributed by atoms with Crippen molar-refractivity contribution in [2.75, 3.05) is 12.9 Å². The molecular weight excluding hydrogens is 405 g/mol. The van der Waals surface area contributed by atoms with Gasteiger partial charge in [-0.2, -0.15) is 18.3 Å². The van der Waals surface area contributed by atoms with Crippen LogP contribution in [0.1, 0.15) is 22.3 Å². The fraction of sp³-hybridized carbons (Fsp3) is 0.316. The molecule has 1 atom stereocenters. The van der Waals surface area contributed by atoms with Gasteiger partial charge in [0.25, 0.3) is 0 Å². The van der Waals surface area contributed by atoms with Gasteiger partial charge in [-0.15, -0.1) is 5.11 Å². The van der Waals surface area contributed by atoms with E-state index in [0.29, 0.717) is 17.5 Å². The van der Waals surface area contributed by atoms with Gasteiger partial charge in [0.05, 0.1) is 10.5 Å². The van der Waals surface area contributed by atoms with Crippen LogP contribution in [0.25, 0.3) is 11.1 Å². The van der Waals surface area contributed by atoms with E-state index in [-0.39, 0.29) is 24.1 Å². The predicted octanol–water partition coefficient (Wildman–Crippen LogP) is 3.37. The summed E-state index contributed by atoms with van der Waals surface area (Å²) in [5.41, 5.74) is 7.55. The van der Waals surface area contributed by atoms with Gasteiger partial charge in [0.1, 0.15) is 0 Å². The first-order valence-electron chi connectivity index (χ1n) is 8.80. The van der Waals surface area contributed by atoms with Crippen LogP contribution in [0.15, 0.2) is 50.4 Å². The van der Waals surface area contributed by atoms with Crippen LogP contribution in [-0.2, 0) is 28.9 Å². The Hall–Kier alpha value is -2.59. The lowest BCUT2D eigenvalue weighted by molar-refractivity contribution is -0.139. The summed E-state index contributed by atoms with van der Waals surface area (Å²) in [6, 6.07) is 7.51. The third-order valence-corrected chi connectivity index (χ3v) is 6.15. The van der Waals surface area contributed by atoms with Gasteiger partial charge in [-0.25, -0.2) is 13.4 Å². The smallest absolute Gasteiger partial charge is 0.327 e. The van der Waals surface area contributed by atoms with Crippen LogP contribution in [0.2, 0.25) is 0 Å². The maximum Gasteiger partial charge on any atom is 0.417 e. The summed E-state index contributed by atoms with van der Waals surface area (Å²) < 4.78 is 65.8. The number of hydrogen-bond donors (Lipinski definition) is 1. The van der Waals surface area contributed by atoms with Gasteiger partial charge in [-0.05, 0) is 41.2 Å². The molecule has 0 saturated carbocycles. The Morgan fingerprint density at radius 1 is 1.10 bits per heavy atom. The number of benzene rings is 2. The molecule has 6 nitrogen and oxygen atoms in total. The molecule has 1 unspecified atom stereocenters. The van der Waals surface area contributed by atoms with Crippen LogP contribution in [0, 0.1) is 0 Å². The van der Waals surface area contributed by atoms with Gasteiger partial charge in [-0.3, -0.25) is 0 Å². The van der Waals surface area contributed by atoms with Crippen molar-refractivity contribution in [2.24, 2.45) is 21.0 Å². The molecule has 2 aliphatic rings. The second-order valence-electron chi connectivity index (χ2n) is 7.15. The summed E-state index contributed by atoms with van der Waals surface area (Å²) in [5.74, 6) is -0.122. The zero-order chi connectivity index (χ0) is 21.0. The van der Waals surface area contributed by atoms with E-state index in [0.717, 1.165) is 29.9 Å². The quantitative estimate of drug-likeness (QED) is 0.821. The monoisotopic (exact) mass is 422 g/mol. The van der Waals surface area contributed by atoms with Crippen LogP contribution in [0.4, 0.5) is 13.2 Å². The van der Waals surface area contributed by atoms with Crippen molar-refractivity contribution in [3.63, 3.8) is 0 Å². The molecule has 2 aromatic rings. The zero-order valence-electron chi connectivity index (χ0n) is 15.4. The third-order valence-electron chi connectivity index (χ3n) is 4.99. The van der Waals surface area contributed by atoms with Crippen molar-refractivity contribution in [1.82, 2.24) is 0 Å². The average molecular weight is 422 g/mol. The van der Waals surface area contributed by atoms with Gasteiger partial charge in [0, 0.05) is 17.9 Å². The SMILES string of the molecule is CS(=O)(=O)c1c(C(F)(F)F)ccc(-c2ccc3c(c2)CC(N)C3)c1C1=NCN=N1. The summed E-state index contributed by atoms with van der Waals surface area (Å²) in [5, 5.41) is 7.48. The first kappa shape index (κ1) is 19.7. The van der Waals surface area contributed by atoms with Crippen molar-refractivity contribution >= 4 is 15.7 Å². The fourth-order valence-corrected chi connectivity index (χ4v) is 4.99. The van der Waals surface area contributed by atoms with Gasteiger partial charge >= 0.3 is 6.18 Å². The Morgan fingerprint density at radius 3 is 2.45 bits per heavy atom. The highest BCUT2D eigenvalue weighted by Gasteiger charge is 2.39. The van der Waals surface area contributed by atoms with E-state index in [1.165, 1.54) is 6.07 Å². The molecule has 152 valence electrons. The van der Waals surface area contributed by atoms with Crippen LogP contribution in [0.5, 0.6) is 0 Å². The van der Waals surface area contributed by atoms with E-state index in [2.05, 4.69) is 15.2 Å². The number of hydrogen-bond acceptors (Lipinski definition) is 6. The lowest BCUT2D eigenvalue weighted by Gasteiger charge is -2.18. The highest BCUT2D eigenvalue weighted by atomic mass is 32.2. The number of rotatable bonds is 3. The van der Waals surface area contributed by atoms with E-state index in [1.54, 1.807) is 6.07 Å². The minimum Gasteiger partial charge on any atom is -0.327 e. The lowest BCUT2D eigenvalue weighted by Crippen LogP contribution is -2.19. The van der Waals surface area contributed by atoms with Crippen molar-refractivity contribution in [2.45, 2.75) is 30.0 Å². The normalized spacial score (nSPS) is 18.8. The summed E-state index contributed by atoms with van der Waals surface area (Å²) in [4.78, 5) is 3.17. The van der Waals surface area contributed by atoms with E-state index < -0.39 is 26.5 Å². The van der Waals surface area contributed by atoms with Gasteiger partial charge < -0.3 is 5.73 Å². The Balaban J connectivity index is 2.04. The highest BCUT2D eigenvalue weighted by Crippen LogP contribution is 2.41. The Labute approximate surface area is 165 Å². The first-order chi connectivity index (χ1) is 13.6. The molecule has 0 radical (unpaired) electrons. The van der Waals surface area contributed by atoms with Crippen LogP contribution >= 0.6 is 0 Å². The maximum absolute atomic E-state index is 13.6. The van der Waals surface area contributed by atoms with Crippen molar-refractivity contribution in [3.8, 4) is 11.1 Å². The minimum atomic E-state index is -4.85. The highest BCUT2D eigenvalue weighted by molar-refractivity contribution is 7.90. The number of alkyl halides is 3. The average Bonchev–Trinajstić information content (AvgIpc) is 3.26. The summed E-state index contributed by atoms with van der Waals surface area (Å²) in [6.45, 7) is -0.0622. The molecule has 0 saturated heterocycles. The number of aliphatic imine (C=N–C) groups is 1. The summed E-state index contributed by atoms with van der Waals surface area (Å²) in [7, 11) is -4.26.